The van der Waals surface area contributed by atoms with Crippen molar-refractivity contribution < 1.29 is 14.3 Å². The van der Waals surface area contributed by atoms with Crippen molar-refractivity contribution in [2.75, 3.05) is 18.5 Å². The lowest BCUT2D eigenvalue weighted by molar-refractivity contribution is 0.112. The molecule has 1 aliphatic heterocycles. The van der Waals surface area contributed by atoms with E-state index in [1.54, 1.807) is 0 Å². The first kappa shape index (κ1) is 16.3. The van der Waals surface area contributed by atoms with E-state index in [2.05, 4.69) is 10.6 Å². The van der Waals surface area contributed by atoms with Gasteiger partial charge in [-0.25, -0.2) is 4.79 Å². The molecule has 0 radical (unpaired) electrons. The molecular weight excluding hydrogens is 304 g/mol. The number of carbonyl (C=O) groups excluding carboxylic acids is 1. The van der Waals surface area contributed by atoms with E-state index in [0.29, 0.717) is 6.54 Å². The van der Waals surface area contributed by atoms with Gasteiger partial charge in [0.05, 0.1) is 6.10 Å². The Morgan fingerprint density at radius 1 is 1.21 bits per heavy atom. The summed E-state index contributed by atoms with van der Waals surface area (Å²) in [4.78, 5) is 11.9. The number of aryl methyl sites for hydroxylation is 1. The predicted molar refractivity (Wildman–Crippen MR) is 93.7 cm³/mol. The summed E-state index contributed by atoms with van der Waals surface area (Å²) in [5.74, 6) is 1.52. The van der Waals surface area contributed by atoms with Crippen LogP contribution in [-0.2, 0) is 4.74 Å². The number of hydrogen-bond donors (Lipinski definition) is 2. The van der Waals surface area contributed by atoms with Gasteiger partial charge >= 0.3 is 6.03 Å². The van der Waals surface area contributed by atoms with Gasteiger partial charge in [0.1, 0.15) is 11.5 Å². The molecule has 2 aromatic carbocycles. The number of nitrogens with one attached hydrogen (secondary N) is 2. The maximum atomic E-state index is 11.9. The van der Waals surface area contributed by atoms with Gasteiger partial charge < -0.3 is 20.1 Å². The molecule has 2 aromatic rings. The number of benzene rings is 2. The number of hydrogen-bond acceptors (Lipinski definition) is 3. The van der Waals surface area contributed by atoms with Crippen LogP contribution in [0.1, 0.15) is 18.4 Å². The van der Waals surface area contributed by atoms with Crippen LogP contribution in [-0.4, -0.2) is 25.3 Å². The highest BCUT2D eigenvalue weighted by atomic mass is 16.5. The number of ether oxygens (including phenoxy) is 2. The quantitative estimate of drug-likeness (QED) is 0.870. The maximum absolute atomic E-state index is 11.9. The summed E-state index contributed by atoms with van der Waals surface area (Å²) in [6.45, 7) is 3.35. The molecule has 1 unspecified atom stereocenters. The van der Waals surface area contributed by atoms with E-state index in [1.807, 2.05) is 55.5 Å². The molecule has 126 valence electrons. The van der Waals surface area contributed by atoms with Gasteiger partial charge in [-0.3, -0.25) is 0 Å². The summed E-state index contributed by atoms with van der Waals surface area (Å²) in [6.07, 6.45) is 2.21. The minimum atomic E-state index is -0.224. The topological polar surface area (TPSA) is 59.6 Å². The summed E-state index contributed by atoms with van der Waals surface area (Å²) in [7, 11) is 0. The Morgan fingerprint density at radius 2 is 2.04 bits per heavy atom. The first-order valence-corrected chi connectivity index (χ1v) is 8.20. The van der Waals surface area contributed by atoms with Crippen molar-refractivity contribution in [3.63, 3.8) is 0 Å². The molecule has 1 atom stereocenters. The Morgan fingerprint density at radius 3 is 2.75 bits per heavy atom. The second kappa shape index (κ2) is 7.84. The second-order valence-electron chi connectivity index (χ2n) is 5.91. The Labute approximate surface area is 142 Å². The van der Waals surface area contributed by atoms with E-state index in [0.717, 1.165) is 42.2 Å². The lowest BCUT2D eigenvalue weighted by Gasteiger charge is -2.12. The van der Waals surface area contributed by atoms with Crippen LogP contribution in [0.3, 0.4) is 0 Å². The number of carbonyl (C=O) groups is 1. The van der Waals surface area contributed by atoms with E-state index in [4.69, 9.17) is 9.47 Å². The van der Waals surface area contributed by atoms with Crippen LogP contribution in [0, 0.1) is 6.92 Å². The molecule has 3 rings (SSSR count). The molecule has 1 saturated heterocycles. The third-order valence-electron chi connectivity index (χ3n) is 3.85. The smallest absolute Gasteiger partial charge is 0.319 e. The zero-order valence-electron chi connectivity index (χ0n) is 13.7. The molecule has 0 aromatic heterocycles. The lowest BCUT2D eigenvalue weighted by atomic mass is 10.2. The van der Waals surface area contributed by atoms with Crippen LogP contribution in [0.5, 0.6) is 11.5 Å². The molecule has 5 nitrogen and oxygen atoms in total. The predicted octanol–water partition coefficient (Wildman–Crippen LogP) is 4.09. The molecule has 1 aliphatic rings. The summed E-state index contributed by atoms with van der Waals surface area (Å²) in [6, 6.07) is 14.9. The molecule has 2 N–H and O–H groups in total. The highest BCUT2D eigenvalue weighted by Crippen LogP contribution is 2.23. The fourth-order valence-electron chi connectivity index (χ4n) is 2.61. The van der Waals surface area contributed by atoms with Crippen LogP contribution in [0.25, 0.3) is 0 Å². The van der Waals surface area contributed by atoms with E-state index in [-0.39, 0.29) is 12.1 Å². The maximum Gasteiger partial charge on any atom is 0.319 e. The van der Waals surface area contributed by atoms with Gasteiger partial charge in [0.2, 0.25) is 0 Å². The molecule has 0 spiro atoms. The zero-order chi connectivity index (χ0) is 16.8. The van der Waals surface area contributed by atoms with Crippen molar-refractivity contribution in [3.05, 3.63) is 54.1 Å². The van der Waals surface area contributed by atoms with E-state index < -0.39 is 0 Å². The first-order chi connectivity index (χ1) is 11.7. The van der Waals surface area contributed by atoms with Crippen LogP contribution < -0.4 is 15.4 Å². The average molecular weight is 326 g/mol. The molecule has 2 amide bonds. The largest absolute Gasteiger partial charge is 0.457 e. The Hall–Kier alpha value is -2.53. The van der Waals surface area contributed by atoms with Gasteiger partial charge in [0, 0.05) is 18.8 Å². The number of anilines is 1. The SMILES string of the molecule is Cc1cccc(Oc2ccc(NC(=O)NCC3CCCO3)cc2)c1. The molecule has 24 heavy (non-hydrogen) atoms. The minimum Gasteiger partial charge on any atom is -0.457 e. The summed E-state index contributed by atoms with van der Waals surface area (Å²) >= 11 is 0. The molecule has 1 heterocycles. The van der Waals surface area contributed by atoms with Crippen LogP contribution >= 0.6 is 0 Å². The fraction of sp³-hybridized carbons (Fsp3) is 0.316. The highest BCUT2D eigenvalue weighted by molar-refractivity contribution is 5.89. The highest BCUT2D eigenvalue weighted by Gasteiger charge is 2.16. The molecule has 0 aliphatic carbocycles. The Balaban J connectivity index is 1.49. The zero-order valence-corrected chi connectivity index (χ0v) is 13.7. The third-order valence-corrected chi connectivity index (χ3v) is 3.85. The normalized spacial score (nSPS) is 16.6. The number of urea groups is 1. The molecular formula is C19H22N2O3. The van der Waals surface area contributed by atoms with Crippen LogP contribution in [0.2, 0.25) is 0 Å². The number of amides is 2. The van der Waals surface area contributed by atoms with Gasteiger partial charge in [-0.15, -0.1) is 0 Å². The third kappa shape index (κ3) is 4.73. The van der Waals surface area contributed by atoms with Crippen molar-refractivity contribution in [1.82, 2.24) is 5.32 Å². The second-order valence-corrected chi connectivity index (χ2v) is 5.91. The van der Waals surface area contributed by atoms with Crippen molar-refractivity contribution in [2.45, 2.75) is 25.9 Å². The lowest BCUT2D eigenvalue weighted by Crippen LogP contribution is -2.34. The molecule has 5 heteroatoms. The van der Waals surface area contributed by atoms with Crippen molar-refractivity contribution >= 4 is 11.7 Å². The molecule has 0 bridgehead atoms. The van der Waals surface area contributed by atoms with Crippen LogP contribution in [0.4, 0.5) is 10.5 Å². The fourth-order valence-corrected chi connectivity index (χ4v) is 2.61. The standard InChI is InChI=1S/C19H22N2O3/c1-14-4-2-5-17(12-14)24-16-9-7-15(8-10-16)21-19(22)20-13-18-6-3-11-23-18/h2,4-5,7-10,12,18H,3,6,11,13H2,1H3,(H2,20,21,22). The molecule has 0 saturated carbocycles. The van der Waals surface area contributed by atoms with Gasteiger partial charge in [0.25, 0.3) is 0 Å². The Bertz CT molecular complexity index is 679. The van der Waals surface area contributed by atoms with Crippen molar-refractivity contribution in [2.24, 2.45) is 0 Å². The van der Waals surface area contributed by atoms with E-state index in [1.165, 1.54) is 0 Å². The summed E-state index contributed by atoms with van der Waals surface area (Å²) in [5, 5.41) is 5.63. The van der Waals surface area contributed by atoms with Gasteiger partial charge in [0.15, 0.2) is 0 Å². The Kier molecular flexibility index (Phi) is 5.33. The van der Waals surface area contributed by atoms with Gasteiger partial charge in [-0.1, -0.05) is 12.1 Å². The van der Waals surface area contributed by atoms with Crippen molar-refractivity contribution in [1.29, 1.82) is 0 Å². The summed E-state index contributed by atoms with van der Waals surface area (Å²) in [5.41, 5.74) is 1.87. The first-order valence-electron chi connectivity index (χ1n) is 8.20. The monoisotopic (exact) mass is 326 g/mol. The van der Waals surface area contributed by atoms with Crippen LogP contribution in [0.15, 0.2) is 48.5 Å². The van der Waals surface area contributed by atoms with E-state index in [9.17, 15) is 4.79 Å². The molecule has 1 fully saturated rings. The average Bonchev–Trinajstić information content (AvgIpc) is 3.08. The van der Waals surface area contributed by atoms with E-state index >= 15 is 0 Å². The summed E-state index contributed by atoms with van der Waals surface area (Å²) < 4.78 is 11.3. The van der Waals surface area contributed by atoms with Gasteiger partial charge in [-0.2, -0.15) is 0 Å². The minimum absolute atomic E-state index is 0.140. The van der Waals surface area contributed by atoms with Gasteiger partial charge in [-0.05, 0) is 61.7 Å². The number of rotatable bonds is 5. The van der Waals surface area contributed by atoms with Crippen molar-refractivity contribution in [3.8, 4) is 11.5 Å².